The topological polar surface area (TPSA) is 12.0 Å². The molecule has 108 valence electrons. The molecule has 7 heteroatoms. The number of thiophene rings is 1. The van der Waals surface area contributed by atoms with Gasteiger partial charge in [-0.15, -0.1) is 11.3 Å². The highest BCUT2D eigenvalue weighted by atomic mass is 79.9. The van der Waals surface area contributed by atoms with E-state index in [1.807, 2.05) is 13.0 Å². The molecule has 1 heterocycles. The number of hydrogen-bond donors (Lipinski definition) is 1. The van der Waals surface area contributed by atoms with E-state index < -0.39 is 17.7 Å². The van der Waals surface area contributed by atoms with Gasteiger partial charge in [-0.25, -0.2) is 8.78 Å². The lowest BCUT2D eigenvalue weighted by atomic mass is 10.00. The Morgan fingerprint density at radius 1 is 1.25 bits per heavy atom. The summed E-state index contributed by atoms with van der Waals surface area (Å²) < 4.78 is 30.4. The van der Waals surface area contributed by atoms with Crippen LogP contribution >= 0.6 is 59.1 Å². The third-order valence-corrected chi connectivity index (χ3v) is 5.77. The second-order valence-electron chi connectivity index (χ2n) is 4.03. The first-order valence-corrected chi connectivity index (χ1v) is 8.96. The Kier molecular flexibility index (Phi) is 5.76. The van der Waals surface area contributed by atoms with Gasteiger partial charge in [-0.2, -0.15) is 0 Å². The summed E-state index contributed by atoms with van der Waals surface area (Å²) in [5.41, 5.74) is 0.826. The van der Waals surface area contributed by atoms with Gasteiger partial charge in [0.2, 0.25) is 0 Å². The lowest BCUT2D eigenvalue weighted by Gasteiger charge is -2.20. The molecule has 1 aromatic carbocycles. The first-order chi connectivity index (χ1) is 9.45. The average molecular weight is 490 g/mol. The molecular weight excluding hydrogens is 480 g/mol. The summed E-state index contributed by atoms with van der Waals surface area (Å²) in [6.45, 7) is 2.49. The van der Waals surface area contributed by atoms with Gasteiger partial charge in [0.25, 0.3) is 0 Å². The van der Waals surface area contributed by atoms with E-state index in [9.17, 15) is 8.78 Å². The molecule has 0 radical (unpaired) electrons. The lowest BCUT2D eigenvalue weighted by molar-refractivity contribution is 0.507. The highest BCUT2D eigenvalue weighted by molar-refractivity contribution is 9.12. The number of hydrogen-bond acceptors (Lipinski definition) is 2. The van der Waals surface area contributed by atoms with Crippen molar-refractivity contribution in [2.45, 2.75) is 13.0 Å². The van der Waals surface area contributed by atoms with Crippen molar-refractivity contribution in [1.29, 1.82) is 0 Å². The quantitative estimate of drug-likeness (QED) is 0.518. The fraction of sp³-hybridized carbons (Fsp3) is 0.231. The fourth-order valence-electron chi connectivity index (χ4n) is 1.93. The molecule has 0 spiro atoms. The summed E-state index contributed by atoms with van der Waals surface area (Å²) in [7, 11) is 0. The molecule has 0 saturated carbocycles. The van der Waals surface area contributed by atoms with Crippen LogP contribution in [0.5, 0.6) is 0 Å². The highest BCUT2D eigenvalue weighted by Crippen LogP contribution is 2.40. The first kappa shape index (κ1) is 16.5. The molecule has 1 N–H and O–H groups in total. The molecule has 0 fully saturated rings. The van der Waals surface area contributed by atoms with Crippen LogP contribution in [0, 0.1) is 11.6 Å². The minimum atomic E-state index is -0.579. The molecule has 2 rings (SSSR count). The highest BCUT2D eigenvalue weighted by Gasteiger charge is 2.25. The van der Waals surface area contributed by atoms with E-state index in [2.05, 4.69) is 53.1 Å². The van der Waals surface area contributed by atoms with Crippen LogP contribution in [0.4, 0.5) is 8.78 Å². The maximum absolute atomic E-state index is 14.3. The minimum Gasteiger partial charge on any atom is -0.306 e. The second kappa shape index (κ2) is 6.96. The lowest BCUT2D eigenvalue weighted by Crippen LogP contribution is -2.24. The van der Waals surface area contributed by atoms with E-state index >= 15 is 0 Å². The monoisotopic (exact) mass is 487 g/mol. The fourth-order valence-corrected chi connectivity index (χ4v) is 5.18. The average Bonchev–Trinajstić information content (AvgIpc) is 2.72. The standard InChI is InChI=1S/C13H10Br3F2NS/c1-2-19-12(6-5-9(15)20-13(6)16)10-8(17)4-3-7(14)11(10)18/h3-5,12,19H,2H2,1H3. The molecule has 1 nitrogen and oxygen atoms in total. The smallest absolute Gasteiger partial charge is 0.145 e. The van der Waals surface area contributed by atoms with Crippen molar-refractivity contribution < 1.29 is 8.78 Å². The maximum atomic E-state index is 14.3. The van der Waals surface area contributed by atoms with E-state index in [0.717, 1.165) is 13.1 Å². The summed E-state index contributed by atoms with van der Waals surface area (Å²) in [5.74, 6) is -1.14. The number of nitrogens with one attached hydrogen (secondary N) is 1. The van der Waals surface area contributed by atoms with Crippen LogP contribution in [-0.4, -0.2) is 6.54 Å². The molecule has 20 heavy (non-hydrogen) atoms. The predicted molar refractivity (Wildman–Crippen MR) is 89.3 cm³/mol. The van der Waals surface area contributed by atoms with Crippen molar-refractivity contribution in [2.24, 2.45) is 0 Å². The summed E-state index contributed by atoms with van der Waals surface area (Å²) in [6, 6.07) is 3.95. The third kappa shape index (κ3) is 3.32. The zero-order chi connectivity index (χ0) is 14.9. The van der Waals surface area contributed by atoms with Crippen molar-refractivity contribution in [1.82, 2.24) is 5.32 Å². The predicted octanol–water partition coefficient (Wildman–Crippen LogP) is 6.01. The largest absolute Gasteiger partial charge is 0.306 e. The van der Waals surface area contributed by atoms with Gasteiger partial charge < -0.3 is 5.32 Å². The summed E-state index contributed by atoms with van der Waals surface area (Å²) in [6.07, 6.45) is 0. The minimum absolute atomic E-state index is 0.0206. The van der Waals surface area contributed by atoms with Crippen molar-refractivity contribution in [2.75, 3.05) is 6.54 Å². The van der Waals surface area contributed by atoms with Crippen LogP contribution < -0.4 is 5.32 Å². The number of rotatable bonds is 4. The number of halogens is 5. The second-order valence-corrected chi connectivity index (χ2v) is 8.63. The van der Waals surface area contributed by atoms with E-state index in [-0.39, 0.29) is 10.0 Å². The van der Waals surface area contributed by atoms with Gasteiger partial charge in [-0.3, -0.25) is 0 Å². The van der Waals surface area contributed by atoms with Crippen LogP contribution in [0.2, 0.25) is 0 Å². The molecule has 1 unspecified atom stereocenters. The maximum Gasteiger partial charge on any atom is 0.145 e. The van der Waals surface area contributed by atoms with Gasteiger partial charge in [-0.05, 0) is 78.1 Å². The molecule has 0 aliphatic rings. The van der Waals surface area contributed by atoms with Gasteiger partial charge in [0, 0.05) is 5.56 Å². The van der Waals surface area contributed by atoms with Gasteiger partial charge in [-0.1, -0.05) is 6.92 Å². The van der Waals surface area contributed by atoms with Crippen molar-refractivity contribution >= 4 is 59.1 Å². The molecule has 0 aliphatic carbocycles. The summed E-state index contributed by atoms with van der Waals surface area (Å²) >= 11 is 11.4. The Labute approximate surface area is 145 Å². The summed E-state index contributed by atoms with van der Waals surface area (Å²) in [5, 5.41) is 3.13. The molecule has 0 amide bonds. The summed E-state index contributed by atoms with van der Waals surface area (Å²) in [4.78, 5) is 0. The Balaban J connectivity index is 2.60. The van der Waals surface area contributed by atoms with Gasteiger partial charge in [0.05, 0.1) is 18.1 Å². The van der Waals surface area contributed by atoms with Gasteiger partial charge >= 0.3 is 0 Å². The van der Waals surface area contributed by atoms with Crippen molar-refractivity contribution in [3.63, 3.8) is 0 Å². The molecule has 1 aromatic heterocycles. The van der Waals surface area contributed by atoms with E-state index in [1.165, 1.54) is 23.5 Å². The molecule has 0 saturated heterocycles. The van der Waals surface area contributed by atoms with Crippen LogP contribution in [-0.2, 0) is 0 Å². The number of benzene rings is 1. The molecule has 0 bridgehead atoms. The zero-order valence-corrected chi connectivity index (χ0v) is 15.9. The van der Waals surface area contributed by atoms with E-state index in [0.29, 0.717) is 6.54 Å². The van der Waals surface area contributed by atoms with Crippen LogP contribution in [0.15, 0.2) is 30.2 Å². The Morgan fingerprint density at radius 2 is 1.95 bits per heavy atom. The molecule has 0 aliphatic heterocycles. The van der Waals surface area contributed by atoms with Gasteiger partial charge in [0.15, 0.2) is 0 Å². The zero-order valence-electron chi connectivity index (χ0n) is 10.3. The van der Waals surface area contributed by atoms with Crippen LogP contribution in [0.25, 0.3) is 0 Å². The SMILES string of the molecule is CCNC(c1cc(Br)sc1Br)c1c(F)ccc(Br)c1F. The Hall–Kier alpha value is 0.180. The molecule has 1 atom stereocenters. The normalized spacial score (nSPS) is 12.7. The van der Waals surface area contributed by atoms with E-state index in [4.69, 9.17) is 0 Å². The Morgan fingerprint density at radius 3 is 2.50 bits per heavy atom. The van der Waals surface area contributed by atoms with Crippen molar-refractivity contribution in [3.05, 3.63) is 53.0 Å². The van der Waals surface area contributed by atoms with E-state index in [1.54, 1.807) is 0 Å². The molecule has 2 aromatic rings. The third-order valence-electron chi connectivity index (χ3n) is 2.77. The Bertz CT molecular complexity index is 630. The van der Waals surface area contributed by atoms with Crippen LogP contribution in [0.1, 0.15) is 24.1 Å². The van der Waals surface area contributed by atoms with Gasteiger partial charge in [0.1, 0.15) is 11.6 Å². The first-order valence-electron chi connectivity index (χ1n) is 5.77. The molecular formula is C13H10Br3F2NS. The van der Waals surface area contributed by atoms with Crippen LogP contribution in [0.3, 0.4) is 0 Å². The van der Waals surface area contributed by atoms with Crippen molar-refractivity contribution in [3.8, 4) is 0 Å².